The number of alkyl halides is 1. The van der Waals surface area contributed by atoms with Gasteiger partial charge in [0.25, 0.3) is 0 Å². The molecule has 1 heterocycles. The highest BCUT2D eigenvalue weighted by Gasteiger charge is 2.38. The molecule has 0 spiro atoms. The van der Waals surface area contributed by atoms with Gasteiger partial charge in [0.1, 0.15) is 5.01 Å². The van der Waals surface area contributed by atoms with E-state index in [1.165, 1.54) is 43.7 Å². The van der Waals surface area contributed by atoms with Crippen LogP contribution in [0.1, 0.15) is 55.8 Å². The molecule has 100 valence electrons. The lowest BCUT2D eigenvalue weighted by molar-refractivity contribution is 0.173. The van der Waals surface area contributed by atoms with Gasteiger partial charge in [0.2, 0.25) is 0 Å². The van der Waals surface area contributed by atoms with E-state index in [-0.39, 0.29) is 0 Å². The molecule has 0 aliphatic heterocycles. The van der Waals surface area contributed by atoms with E-state index in [1.54, 1.807) is 11.3 Å². The Hall–Kier alpha value is -0.120. The highest BCUT2D eigenvalue weighted by Crippen LogP contribution is 2.41. The summed E-state index contributed by atoms with van der Waals surface area (Å²) in [5, 5.41) is 3.40. The summed E-state index contributed by atoms with van der Waals surface area (Å²) in [6, 6.07) is 1.36. The third kappa shape index (κ3) is 2.89. The van der Waals surface area contributed by atoms with Gasteiger partial charge in [-0.3, -0.25) is 4.90 Å². The summed E-state index contributed by atoms with van der Waals surface area (Å²) < 4.78 is 0. The normalized spacial score (nSPS) is 21.5. The molecular formula is C14H21ClN2S. The second kappa shape index (κ2) is 5.48. The van der Waals surface area contributed by atoms with Crippen molar-refractivity contribution in [1.29, 1.82) is 0 Å². The predicted octanol–water partition coefficient (Wildman–Crippen LogP) is 4.21. The summed E-state index contributed by atoms with van der Waals surface area (Å²) in [6.07, 6.45) is 6.81. The van der Waals surface area contributed by atoms with Crippen molar-refractivity contribution in [3.05, 3.63) is 16.1 Å². The summed E-state index contributed by atoms with van der Waals surface area (Å²) in [6.45, 7) is 3.58. The van der Waals surface area contributed by atoms with Crippen LogP contribution in [0.3, 0.4) is 0 Å². The molecule has 2 aliphatic rings. The number of halogens is 1. The van der Waals surface area contributed by atoms with E-state index < -0.39 is 0 Å². The van der Waals surface area contributed by atoms with Gasteiger partial charge in [0.05, 0.1) is 17.6 Å². The van der Waals surface area contributed by atoms with E-state index in [4.69, 9.17) is 16.6 Å². The summed E-state index contributed by atoms with van der Waals surface area (Å²) in [7, 11) is 0. The zero-order valence-electron chi connectivity index (χ0n) is 10.9. The molecule has 1 aromatic heterocycles. The first-order valence-corrected chi connectivity index (χ1v) is 8.49. The van der Waals surface area contributed by atoms with Gasteiger partial charge in [0.15, 0.2) is 0 Å². The number of rotatable bonds is 7. The maximum atomic E-state index is 5.87. The van der Waals surface area contributed by atoms with Crippen LogP contribution in [0, 0.1) is 5.92 Å². The maximum absolute atomic E-state index is 5.87. The Morgan fingerprint density at radius 3 is 2.72 bits per heavy atom. The largest absolute Gasteiger partial charge is 0.291 e. The summed E-state index contributed by atoms with van der Waals surface area (Å²) in [5.41, 5.74) is 1.04. The van der Waals surface area contributed by atoms with E-state index in [0.717, 1.165) is 17.7 Å². The van der Waals surface area contributed by atoms with Crippen molar-refractivity contribution in [2.75, 3.05) is 6.54 Å². The first kappa shape index (κ1) is 12.9. The number of thiazole rings is 1. The smallest absolute Gasteiger partial charge is 0.110 e. The SMILES string of the molecule is CCC(c1nc(CCl)cs1)N(CC1CC1)C1CC1. The fourth-order valence-electron chi connectivity index (χ4n) is 2.62. The van der Waals surface area contributed by atoms with Crippen LogP contribution in [0.4, 0.5) is 0 Å². The lowest BCUT2D eigenvalue weighted by atomic mass is 10.1. The minimum absolute atomic E-state index is 0.528. The Labute approximate surface area is 118 Å². The molecule has 2 saturated carbocycles. The minimum Gasteiger partial charge on any atom is -0.291 e. The van der Waals surface area contributed by atoms with Crippen molar-refractivity contribution in [1.82, 2.24) is 9.88 Å². The second-order valence-corrected chi connectivity index (χ2v) is 6.76. The standard InChI is InChI=1S/C14H21ClN2S/c1-2-13(14-16-11(7-15)9-18-14)17(12-5-6-12)8-10-3-4-10/h9-10,12-13H,2-8H2,1H3. The first-order chi connectivity index (χ1) is 8.81. The molecular weight excluding hydrogens is 264 g/mol. The minimum atomic E-state index is 0.528. The van der Waals surface area contributed by atoms with Gasteiger partial charge >= 0.3 is 0 Å². The molecule has 0 radical (unpaired) electrons. The zero-order chi connectivity index (χ0) is 12.5. The Morgan fingerprint density at radius 1 is 1.44 bits per heavy atom. The summed E-state index contributed by atoms with van der Waals surface area (Å²) in [4.78, 5) is 7.43. The number of aromatic nitrogens is 1. The number of hydrogen-bond acceptors (Lipinski definition) is 3. The van der Waals surface area contributed by atoms with Crippen molar-refractivity contribution in [3.8, 4) is 0 Å². The Bertz CT molecular complexity index is 398. The molecule has 1 atom stereocenters. The van der Waals surface area contributed by atoms with E-state index >= 15 is 0 Å². The fourth-order valence-corrected chi connectivity index (χ4v) is 3.87. The van der Waals surface area contributed by atoms with Crippen LogP contribution in [0.5, 0.6) is 0 Å². The van der Waals surface area contributed by atoms with Gasteiger partial charge in [-0.1, -0.05) is 6.92 Å². The van der Waals surface area contributed by atoms with Crippen molar-refractivity contribution >= 4 is 22.9 Å². The number of hydrogen-bond donors (Lipinski definition) is 0. The van der Waals surface area contributed by atoms with Gasteiger partial charge in [-0.15, -0.1) is 22.9 Å². The quantitative estimate of drug-likeness (QED) is 0.698. The average molecular weight is 285 g/mol. The zero-order valence-corrected chi connectivity index (χ0v) is 12.5. The molecule has 0 aromatic carbocycles. The van der Waals surface area contributed by atoms with Crippen molar-refractivity contribution in [2.24, 2.45) is 5.92 Å². The Morgan fingerprint density at radius 2 is 2.22 bits per heavy atom. The molecule has 3 rings (SSSR count). The number of nitrogens with zero attached hydrogens (tertiary/aromatic N) is 2. The molecule has 0 N–H and O–H groups in total. The summed E-state index contributed by atoms with van der Waals surface area (Å²) >= 11 is 7.66. The summed E-state index contributed by atoms with van der Waals surface area (Å²) in [5.74, 6) is 1.51. The van der Waals surface area contributed by atoms with Crippen LogP contribution in [-0.2, 0) is 5.88 Å². The van der Waals surface area contributed by atoms with Gasteiger partial charge < -0.3 is 0 Å². The van der Waals surface area contributed by atoms with Crippen LogP contribution < -0.4 is 0 Å². The van der Waals surface area contributed by atoms with Crippen LogP contribution in [0.15, 0.2) is 5.38 Å². The Balaban J connectivity index is 1.75. The fraction of sp³-hybridized carbons (Fsp3) is 0.786. The molecule has 0 amide bonds. The van der Waals surface area contributed by atoms with Crippen LogP contribution in [0.25, 0.3) is 0 Å². The maximum Gasteiger partial charge on any atom is 0.110 e. The molecule has 4 heteroatoms. The molecule has 2 nitrogen and oxygen atoms in total. The lowest BCUT2D eigenvalue weighted by Crippen LogP contribution is -2.32. The highest BCUT2D eigenvalue weighted by molar-refractivity contribution is 7.09. The predicted molar refractivity (Wildman–Crippen MR) is 77.2 cm³/mol. The highest BCUT2D eigenvalue weighted by atomic mass is 35.5. The molecule has 1 aromatic rings. The van der Waals surface area contributed by atoms with Crippen LogP contribution in [-0.4, -0.2) is 22.5 Å². The molecule has 1 unspecified atom stereocenters. The van der Waals surface area contributed by atoms with E-state index in [1.807, 2.05) is 0 Å². The van der Waals surface area contributed by atoms with E-state index in [0.29, 0.717) is 11.9 Å². The molecule has 2 fully saturated rings. The first-order valence-electron chi connectivity index (χ1n) is 7.07. The monoisotopic (exact) mass is 284 g/mol. The molecule has 18 heavy (non-hydrogen) atoms. The van der Waals surface area contributed by atoms with Crippen LogP contribution >= 0.6 is 22.9 Å². The molecule has 2 aliphatic carbocycles. The van der Waals surface area contributed by atoms with Gasteiger partial charge in [-0.2, -0.15) is 0 Å². The second-order valence-electron chi connectivity index (χ2n) is 5.61. The average Bonchev–Trinajstić information content (AvgIpc) is 3.28. The van der Waals surface area contributed by atoms with Gasteiger partial charge in [-0.25, -0.2) is 4.98 Å². The third-order valence-electron chi connectivity index (χ3n) is 3.96. The van der Waals surface area contributed by atoms with E-state index in [9.17, 15) is 0 Å². The topological polar surface area (TPSA) is 16.1 Å². The van der Waals surface area contributed by atoms with Crippen LogP contribution in [0.2, 0.25) is 0 Å². The van der Waals surface area contributed by atoms with Gasteiger partial charge in [0, 0.05) is 18.0 Å². The van der Waals surface area contributed by atoms with Crippen molar-refractivity contribution in [2.45, 2.75) is 57.0 Å². The van der Waals surface area contributed by atoms with Crippen molar-refractivity contribution < 1.29 is 0 Å². The third-order valence-corrected chi connectivity index (χ3v) is 5.23. The molecule has 0 saturated heterocycles. The van der Waals surface area contributed by atoms with Crippen molar-refractivity contribution in [3.63, 3.8) is 0 Å². The van der Waals surface area contributed by atoms with E-state index in [2.05, 4.69) is 17.2 Å². The molecule has 0 bridgehead atoms. The Kier molecular flexibility index (Phi) is 3.92. The lowest BCUT2D eigenvalue weighted by Gasteiger charge is -2.29. The van der Waals surface area contributed by atoms with Gasteiger partial charge in [-0.05, 0) is 38.0 Å².